The first-order chi connectivity index (χ1) is 7.72. The van der Waals surface area contributed by atoms with E-state index in [9.17, 15) is 4.79 Å². The minimum absolute atomic E-state index is 0. The zero-order valence-corrected chi connectivity index (χ0v) is 10.8. The lowest BCUT2D eigenvalue weighted by Gasteiger charge is -2.35. The summed E-state index contributed by atoms with van der Waals surface area (Å²) in [5.41, 5.74) is 0.704. The van der Waals surface area contributed by atoms with Crippen LogP contribution < -0.4 is 10.1 Å². The number of benzene rings is 1. The molecule has 1 N–H and O–H groups in total. The second-order valence-corrected chi connectivity index (χ2v) is 3.96. The Labute approximate surface area is 107 Å². The van der Waals surface area contributed by atoms with Crippen LogP contribution in [0.3, 0.4) is 0 Å². The molecule has 1 aliphatic heterocycles. The summed E-state index contributed by atoms with van der Waals surface area (Å²) in [6.07, 6.45) is 0. The molecule has 1 saturated heterocycles. The van der Waals surface area contributed by atoms with E-state index in [0.717, 1.165) is 18.8 Å². The van der Waals surface area contributed by atoms with Gasteiger partial charge in [0.2, 0.25) is 0 Å². The van der Waals surface area contributed by atoms with Gasteiger partial charge in [-0.2, -0.15) is 0 Å². The molecule has 0 spiro atoms. The van der Waals surface area contributed by atoms with E-state index in [1.54, 1.807) is 36.3 Å². The first-order valence-corrected chi connectivity index (χ1v) is 5.34. The maximum Gasteiger partial charge on any atom is 0.253 e. The number of methoxy groups -OCH3 is 1. The molecule has 0 aromatic heterocycles. The Kier molecular flexibility index (Phi) is 4.78. The van der Waals surface area contributed by atoms with Crippen LogP contribution in [0.4, 0.5) is 0 Å². The molecule has 0 saturated carbocycles. The largest absolute Gasteiger partial charge is 0.497 e. The number of carbonyl (C=O) groups excluding carboxylic acids is 1. The number of likely N-dealkylation sites (N-methyl/N-ethyl adjacent to an activating group) is 1. The van der Waals surface area contributed by atoms with Crippen molar-refractivity contribution in [1.29, 1.82) is 0 Å². The molecule has 0 aliphatic carbocycles. The van der Waals surface area contributed by atoms with Crippen molar-refractivity contribution in [2.45, 2.75) is 6.04 Å². The van der Waals surface area contributed by atoms with Crippen LogP contribution in [0.1, 0.15) is 10.4 Å². The summed E-state index contributed by atoms with van der Waals surface area (Å²) in [7, 11) is 3.46. The minimum Gasteiger partial charge on any atom is -0.497 e. The standard InChI is InChI=1S/C12H16N2O2.ClH/c1-14(10-7-13-8-10)12(15)9-3-5-11(16-2)6-4-9;/h3-6,10,13H,7-8H2,1-2H3;1H. The molecule has 17 heavy (non-hydrogen) atoms. The van der Waals surface area contributed by atoms with Gasteiger partial charge in [0, 0.05) is 25.7 Å². The Bertz CT molecular complexity index is 377. The number of nitrogens with zero attached hydrogens (tertiary/aromatic N) is 1. The zero-order chi connectivity index (χ0) is 11.5. The predicted octanol–water partition coefficient (Wildman–Crippen LogP) is 1.16. The molecule has 1 fully saturated rings. The zero-order valence-electron chi connectivity index (χ0n) is 9.97. The Hall–Kier alpha value is -1.26. The van der Waals surface area contributed by atoms with Crippen LogP contribution in [0.15, 0.2) is 24.3 Å². The molecule has 1 aromatic rings. The van der Waals surface area contributed by atoms with Crippen LogP contribution in [0.5, 0.6) is 5.75 Å². The Morgan fingerprint density at radius 3 is 2.35 bits per heavy atom. The molecule has 0 atom stereocenters. The van der Waals surface area contributed by atoms with Crippen molar-refractivity contribution in [3.8, 4) is 5.75 Å². The first-order valence-electron chi connectivity index (χ1n) is 5.34. The van der Waals surface area contributed by atoms with Gasteiger partial charge < -0.3 is 15.0 Å². The maximum absolute atomic E-state index is 12.0. The van der Waals surface area contributed by atoms with Gasteiger partial charge >= 0.3 is 0 Å². The second-order valence-electron chi connectivity index (χ2n) is 3.96. The van der Waals surface area contributed by atoms with Crippen molar-refractivity contribution in [2.24, 2.45) is 0 Å². The maximum atomic E-state index is 12.0. The predicted molar refractivity (Wildman–Crippen MR) is 69.0 cm³/mol. The van der Waals surface area contributed by atoms with Gasteiger partial charge in [0.1, 0.15) is 5.75 Å². The van der Waals surface area contributed by atoms with E-state index >= 15 is 0 Å². The molecule has 0 bridgehead atoms. The van der Waals surface area contributed by atoms with E-state index in [4.69, 9.17) is 4.74 Å². The van der Waals surface area contributed by atoms with Crippen molar-refractivity contribution >= 4 is 18.3 Å². The SMILES string of the molecule is COc1ccc(C(=O)N(C)C2CNC2)cc1.Cl. The topological polar surface area (TPSA) is 41.6 Å². The highest BCUT2D eigenvalue weighted by atomic mass is 35.5. The lowest BCUT2D eigenvalue weighted by atomic mass is 10.1. The van der Waals surface area contributed by atoms with Crippen LogP contribution in [0, 0.1) is 0 Å². The van der Waals surface area contributed by atoms with E-state index in [-0.39, 0.29) is 18.3 Å². The molecular formula is C12H17ClN2O2. The lowest BCUT2D eigenvalue weighted by Crippen LogP contribution is -2.57. The number of rotatable bonds is 3. The summed E-state index contributed by atoms with van der Waals surface area (Å²) in [6.45, 7) is 1.77. The van der Waals surface area contributed by atoms with Crippen molar-refractivity contribution in [3.63, 3.8) is 0 Å². The molecule has 1 amide bonds. The Balaban J connectivity index is 0.00000144. The van der Waals surface area contributed by atoms with Gasteiger partial charge in [-0.3, -0.25) is 4.79 Å². The molecule has 1 heterocycles. The smallest absolute Gasteiger partial charge is 0.253 e. The number of ether oxygens (including phenoxy) is 1. The van der Waals surface area contributed by atoms with Gasteiger partial charge in [0.05, 0.1) is 13.2 Å². The van der Waals surface area contributed by atoms with Crippen LogP contribution in [-0.4, -0.2) is 44.1 Å². The summed E-state index contributed by atoms with van der Waals surface area (Å²) >= 11 is 0. The number of halogens is 1. The highest BCUT2D eigenvalue weighted by Gasteiger charge is 2.25. The second kappa shape index (κ2) is 5.89. The van der Waals surface area contributed by atoms with E-state index in [0.29, 0.717) is 11.6 Å². The number of amides is 1. The number of hydrogen-bond donors (Lipinski definition) is 1. The third kappa shape index (κ3) is 2.90. The fraction of sp³-hybridized carbons (Fsp3) is 0.417. The van der Waals surface area contributed by atoms with E-state index in [2.05, 4.69) is 5.32 Å². The van der Waals surface area contributed by atoms with E-state index in [1.807, 2.05) is 7.05 Å². The summed E-state index contributed by atoms with van der Waals surface area (Å²) in [4.78, 5) is 13.8. The summed E-state index contributed by atoms with van der Waals surface area (Å²) < 4.78 is 5.05. The van der Waals surface area contributed by atoms with Gasteiger partial charge in [-0.15, -0.1) is 12.4 Å². The number of nitrogens with one attached hydrogen (secondary N) is 1. The van der Waals surface area contributed by atoms with Crippen LogP contribution in [0.25, 0.3) is 0 Å². The summed E-state index contributed by atoms with van der Waals surface area (Å²) in [6, 6.07) is 7.53. The van der Waals surface area contributed by atoms with Crippen molar-refractivity contribution < 1.29 is 9.53 Å². The van der Waals surface area contributed by atoms with Crippen LogP contribution in [-0.2, 0) is 0 Å². The molecular weight excluding hydrogens is 240 g/mol. The molecule has 5 heteroatoms. The van der Waals surface area contributed by atoms with E-state index < -0.39 is 0 Å². The molecule has 4 nitrogen and oxygen atoms in total. The molecule has 0 unspecified atom stereocenters. The third-order valence-corrected chi connectivity index (χ3v) is 2.96. The first kappa shape index (κ1) is 13.8. The fourth-order valence-electron chi connectivity index (χ4n) is 1.65. The number of hydrogen-bond acceptors (Lipinski definition) is 3. The molecule has 94 valence electrons. The van der Waals surface area contributed by atoms with Gasteiger partial charge in [-0.25, -0.2) is 0 Å². The average Bonchev–Trinajstić information content (AvgIpc) is 2.26. The molecule has 2 rings (SSSR count). The lowest BCUT2D eigenvalue weighted by molar-refractivity contribution is 0.0681. The van der Waals surface area contributed by atoms with Crippen LogP contribution in [0.2, 0.25) is 0 Å². The van der Waals surface area contributed by atoms with Crippen molar-refractivity contribution in [2.75, 3.05) is 27.2 Å². The average molecular weight is 257 g/mol. The van der Waals surface area contributed by atoms with Gasteiger partial charge in [-0.05, 0) is 24.3 Å². The summed E-state index contributed by atoms with van der Waals surface area (Å²) in [5, 5.41) is 3.15. The fourth-order valence-corrected chi connectivity index (χ4v) is 1.65. The third-order valence-electron chi connectivity index (χ3n) is 2.96. The van der Waals surface area contributed by atoms with Crippen LogP contribution >= 0.6 is 12.4 Å². The molecule has 1 aliphatic rings. The molecule has 1 aromatic carbocycles. The highest BCUT2D eigenvalue weighted by molar-refractivity contribution is 5.94. The Morgan fingerprint density at radius 1 is 1.35 bits per heavy atom. The van der Waals surface area contributed by atoms with Gasteiger partial charge in [0.15, 0.2) is 0 Å². The molecule has 0 radical (unpaired) electrons. The van der Waals surface area contributed by atoms with Gasteiger partial charge in [-0.1, -0.05) is 0 Å². The minimum atomic E-state index is 0. The normalized spacial score (nSPS) is 14.5. The van der Waals surface area contributed by atoms with Crippen molar-refractivity contribution in [1.82, 2.24) is 10.2 Å². The number of carbonyl (C=O) groups is 1. The monoisotopic (exact) mass is 256 g/mol. The Morgan fingerprint density at radius 2 is 1.94 bits per heavy atom. The highest BCUT2D eigenvalue weighted by Crippen LogP contribution is 2.14. The summed E-state index contributed by atoms with van der Waals surface area (Å²) in [5.74, 6) is 0.832. The van der Waals surface area contributed by atoms with E-state index in [1.165, 1.54) is 0 Å². The quantitative estimate of drug-likeness (QED) is 0.883. The van der Waals surface area contributed by atoms with Gasteiger partial charge in [0.25, 0.3) is 5.91 Å². The van der Waals surface area contributed by atoms with Crippen molar-refractivity contribution in [3.05, 3.63) is 29.8 Å².